The molecule has 0 aliphatic heterocycles. The lowest BCUT2D eigenvalue weighted by Gasteiger charge is -2.13. The van der Waals surface area contributed by atoms with Crippen molar-refractivity contribution in [3.05, 3.63) is 108 Å². The molecule has 0 N–H and O–H groups in total. The van der Waals surface area contributed by atoms with Crippen LogP contribution in [0, 0.1) is 0 Å². The van der Waals surface area contributed by atoms with E-state index in [4.69, 9.17) is 0 Å². The summed E-state index contributed by atoms with van der Waals surface area (Å²) in [5.41, 5.74) is 5.22. The lowest BCUT2D eigenvalue weighted by molar-refractivity contribution is 1.53. The molecule has 0 aliphatic carbocycles. The summed E-state index contributed by atoms with van der Waals surface area (Å²) in [5.74, 6) is 0. The molecule has 0 spiro atoms. The van der Waals surface area contributed by atoms with Crippen LogP contribution >= 0.6 is 31.9 Å². The maximum Gasteiger partial charge on any atom is 0.0295 e. The van der Waals surface area contributed by atoms with Crippen LogP contribution < -0.4 is 0 Å². The number of rotatable bonds is 3. The topological polar surface area (TPSA) is 0 Å². The Morgan fingerprint density at radius 1 is 0.406 bits per heavy atom. The van der Waals surface area contributed by atoms with Crippen molar-refractivity contribution in [2.75, 3.05) is 0 Å². The average molecular weight is 540 g/mol. The molecule has 0 amide bonds. The van der Waals surface area contributed by atoms with Crippen molar-refractivity contribution in [2.24, 2.45) is 0 Å². The summed E-state index contributed by atoms with van der Waals surface area (Å²) in [6.45, 7) is 0. The minimum absolute atomic E-state index is 0.839. The first kappa shape index (κ1) is 20.0. The van der Waals surface area contributed by atoms with Gasteiger partial charge in [0.15, 0.2) is 0 Å². The maximum absolute atomic E-state index is 3.75. The number of hydrogen-bond acceptors (Lipinski definition) is 0. The average Bonchev–Trinajstić information content (AvgIpc) is 2.85. The fourth-order valence-corrected chi connectivity index (χ4v) is 6.16. The minimum atomic E-state index is 0.839. The second kappa shape index (κ2) is 8.03. The summed E-state index contributed by atoms with van der Waals surface area (Å²) in [4.78, 5) is 0. The molecule has 0 fully saturated rings. The molecule has 0 saturated heterocycles. The van der Waals surface area contributed by atoms with E-state index in [2.05, 4.69) is 129 Å². The molecule has 0 atom stereocenters. The predicted molar refractivity (Wildman–Crippen MR) is 147 cm³/mol. The Morgan fingerprint density at radius 2 is 0.812 bits per heavy atom. The van der Waals surface area contributed by atoms with Crippen LogP contribution in [0.25, 0.3) is 54.2 Å². The zero-order chi connectivity index (χ0) is 21.7. The quantitative estimate of drug-likeness (QED) is 0.155. The molecule has 0 heterocycles. The summed E-state index contributed by atoms with van der Waals surface area (Å²) >= 11 is 7.50. The number of benzene rings is 6. The number of hydrogen-bond donors (Lipinski definition) is 0. The van der Waals surface area contributed by atoms with Crippen molar-refractivity contribution in [1.82, 2.24) is 0 Å². The highest BCUT2D eigenvalue weighted by atomic mass is 79.9. The highest BCUT2D eigenvalue weighted by Gasteiger charge is 2.11. The monoisotopic (exact) mass is 538 g/mol. The van der Waals surface area contributed by atoms with Gasteiger partial charge in [0, 0.05) is 10.7 Å². The van der Waals surface area contributed by atoms with Crippen molar-refractivity contribution in [3.63, 3.8) is 0 Å². The third kappa shape index (κ3) is 3.17. The van der Waals surface area contributed by atoms with Crippen molar-refractivity contribution >= 4 is 74.9 Å². The van der Waals surface area contributed by atoms with E-state index < -0.39 is 0 Å². The van der Waals surface area contributed by atoms with Crippen LogP contribution in [-0.2, 0) is 10.7 Å². The Hall–Kier alpha value is -2.68. The van der Waals surface area contributed by atoms with Gasteiger partial charge in [-0.15, -0.1) is 0 Å². The summed E-state index contributed by atoms with van der Waals surface area (Å²) in [6, 6.07) is 35.7. The first-order chi connectivity index (χ1) is 15.8. The molecule has 2 heteroatoms. The molecule has 0 aliphatic rings. The Kier molecular flexibility index (Phi) is 5.01. The van der Waals surface area contributed by atoms with Gasteiger partial charge >= 0.3 is 0 Å². The predicted octanol–water partition coefficient (Wildman–Crippen LogP) is 9.76. The van der Waals surface area contributed by atoms with Crippen LogP contribution in [0.4, 0.5) is 0 Å². The molecule has 0 nitrogen and oxygen atoms in total. The van der Waals surface area contributed by atoms with Crippen molar-refractivity contribution in [3.8, 4) is 11.1 Å². The molecule has 6 rings (SSSR count). The van der Waals surface area contributed by atoms with Gasteiger partial charge in [-0.25, -0.2) is 0 Å². The second-order valence-corrected chi connectivity index (χ2v) is 9.41. The molecule has 0 aromatic heterocycles. The van der Waals surface area contributed by atoms with E-state index in [1.54, 1.807) is 0 Å². The standard InChI is InChI=1S/C30H20Br2/c31-17-29-25-7-3-1-5-21(25)13-23-11-9-19(15-27(23)29)20-10-12-24-14-22-6-2-4-8-26(22)30(18-32)28(24)16-20/h1-16H,17-18H2. The first-order valence-corrected chi connectivity index (χ1v) is 13.0. The Bertz CT molecular complexity index is 1520. The maximum atomic E-state index is 3.75. The molecule has 32 heavy (non-hydrogen) atoms. The van der Waals surface area contributed by atoms with Gasteiger partial charge in [-0.3, -0.25) is 0 Å². The third-order valence-electron chi connectivity index (χ3n) is 6.55. The summed E-state index contributed by atoms with van der Waals surface area (Å²) in [5, 5.41) is 12.1. The molecule has 0 unspecified atom stereocenters. The SMILES string of the molecule is BrCc1c2ccccc2cc2ccc(-c3ccc4cc5ccccc5c(CBr)c4c3)cc12. The van der Waals surface area contributed by atoms with Gasteiger partial charge in [0.2, 0.25) is 0 Å². The van der Waals surface area contributed by atoms with Gasteiger partial charge in [0.05, 0.1) is 0 Å². The molecule has 0 bridgehead atoms. The van der Waals surface area contributed by atoms with Gasteiger partial charge < -0.3 is 0 Å². The van der Waals surface area contributed by atoms with E-state index >= 15 is 0 Å². The fourth-order valence-electron chi connectivity index (χ4n) is 4.95. The van der Waals surface area contributed by atoms with Gasteiger partial charge in [-0.05, 0) is 89.6 Å². The zero-order valence-electron chi connectivity index (χ0n) is 17.4. The number of fused-ring (bicyclic) bond motifs is 4. The summed E-state index contributed by atoms with van der Waals surface area (Å²) in [7, 11) is 0. The first-order valence-electron chi connectivity index (χ1n) is 10.8. The lowest BCUT2D eigenvalue weighted by Crippen LogP contribution is -1.89. The number of alkyl halides is 2. The van der Waals surface area contributed by atoms with Gasteiger partial charge in [-0.1, -0.05) is 105 Å². The van der Waals surface area contributed by atoms with Crippen molar-refractivity contribution < 1.29 is 0 Å². The van der Waals surface area contributed by atoms with E-state index in [1.807, 2.05) is 0 Å². The summed E-state index contributed by atoms with van der Waals surface area (Å²) < 4.78 is 0. The molecular formula is C30H20Br2. The molecule has 154 valence electrons. The van der Waals surface area contributed by atoms with E-state index in [9.17, 15) is 0 Å². The van der Waals surface area contributed by atoms with Gasteiger partial charge in [0.1, 0.15) is 0 Å². The van der Waals surface area contributed by atoms with Crippen LogP contribution in [0.2, 0.25) is 0 Å². The molecule has 0 radical (unpaired) electrons. The molecule has 6 aromatic carbocycles. The summed E-state index contributed by atoms with van der Waals surface area (Å²) in [6.07, 6.45) is 0. The number of halogens is 2. The third-order valence-corrected chi connectivity index (χ3v) is 7.67. The molecule has 0 saturated carbocycles. The molecular weight excluding hydrogens is 520 g/mol. The van der Waals surface area contributed by atoms with Crippen molar-refractivity contribution in [2.45, 2.75) is 10.7 Å². The van der Waals surface area contributed by atoms with Gasteiger partial charge in [-0.2, -0.15) is 0 Å². The normalized spacial score (nSPS) is 11.7. The highest BCUT2D eigenvalue weighted by molar-refractivity contribution is 9.08. The van der Waals surface area contributed by atoms with E-state index in [-0.39, 0.29) is 0 Å². The molecule has 6 aromatic rings. The smallest absolute Gasteiger partial charge is 0.0295 e. The van der Waals surface area contributed by atoms with E-state index in [0.29, 0.717) is 0 Å². The Morgan fingerprint density at radius 3 is 1.25 bits per heavy atom. The minimum Gasteiger partial charge on any atom is -0.0876 e. The van der Waals surface area contributed by atoms with Crippen LogP contribution in [-0.4, -0.2) is 0 Å². The van der Waals surface area contributed by atoms with Crippen LogP contribution in [0.15, 0.2) is 97.1 Å². The van der Waals surface area contributed by atoms with Gasteiger partial charge in [0.25, 0.3) is 0 Å². The largest absolute Gasteiger partial charge is 0.0876 e. The lowest BCUT2D eigenvalue weighted by atomic mass is 9.92. The Labute approximate surface area is 204 Å². The van der Waals surface area contributed by atoms with Crippen LogP contribution in [0.3, 0.4) is 0 Å². The van der Waals surface area contributed by atoms with E-state index in [1.165, 1.54) is 65.3 Å². The van der Waals surface area contributed by atoms with Crippen LogP contribution in [0.1, 0.15) is 11.1 Å². The fraction of sp³-hybridized carbons (Fsp3) is 0.0667. The van der Waals surface area contributed by atoms with Crippen LogP contribution in [0.5, 0.6) is 0 Å². The second-order valence-electron chi connectivity index (χ2n) is 8.29. The van der Waals surface area contributed by atoms with Crippen molar-refractivity contribution in [1.29, 1.82) is 0 Å². The van der Waals surface area contributed by atoms with E-state index in [0.717, 1.165) is 10.7 Å². The zero-order valence-corrected chi connectivity index (χ0v) is 20.6. The highest BCUT2D eigenvalue weighted by Crippen LogP contribution is 2.36. The Balaban J connectivity index is 1.60.